The molecule has 1 saturated heterocycles. The number of para-hydroxylation sites is 1. The molecule has 5 nitrogen and oxygen atoms in total. The van der Waals surface area contributed by atoms with Crippen LogP contribution in [0.25, 0.3) is 5.69 Å². The highest BCUT2D eigenvalue weighted by Gasteiger charge is 2.39. The summed E-state index contributed by atoms with van der Waals surface area (Å²) in [6.07, 6.45) is 4.75. The quantitative estimate of drug-likeness (QED) is 0.910. The van der Waals surface area contributed by atoms with Gasteiger partial charge in [-0.15, -0.1) is 0 Å². The minimum atomic E-state index is -0.242. The molecule has 1 saturated carbocycles. The van der Waals surface area contributed by atoms with Crippen LogP contribution in [0.3, 0.4) is 0 Å². The first-order chi connectivity index (χ1) is 12.1. The maximum atomic E-state index is 12.8. The van der Waals surface area contributed by atoms with E-state index in [4.69, 9.17) is 4.74 Å². The molecule has 1 aliphatic heterocycles. The van der Waals surface area contributed by atoms with E-state index in [2.05, 4.69) is 30.3 Å². The molecule has 2 fully saturated rings. The van der Waals surface area contributed by atoms with E-state index in [9.17, 15) is 4.79 Å². The molecule has 1 aromatic carbocycles. The third-order valence-electron chi connectivity index (χ3n) is 5.43. The number of aromatic nitrogens is 2. The fourth-order valence-electron chi connectivity index (χ4n) is 3.73. The van der Waals surface area contributed by atoms with Crippen LogP contribution in [0.15, 0.2) is 36.5 Å². The normalized spacial score (nSPS) is 24.2. The second kappa shape index (κ2) is 6.64. The second-order valence-corrected chi connectivity index (χ2v) is 7.28. The van der Waals surface area contributed by atoms with Gasteiger partial charge in [-0.05, 0) is 56.7 Å². The molecule has 1 N–H and O–H groups in total. The van der Waals surface area contributed by atoms with Gasteiger partial charge in [-0.25, -0.2) is 4.68 Å². The molecule has 1 unspecified atom stereocenters. The lowest BCUT2D eigenvalue weighted by Crippen LogP contribution is -2.39. The number of carbonyl (C=O) groups is 1. The van der Waals surface area contributed by atoms with Crippen LogP contribution in [0.5, 0.6) is 0 Å². The SMILES string of the molecule is Cc1ccccc1-n1nccc1[C@H]1OCC[C@@H]1C(=O)NC(C)C1CC1. The summed E-state index contributed by atoms with van der Waals surface area (Å²) >= 11 is 0. The zero-order valence-corrected chi connectivity index (χ0v) is 14.8. The molecule has 25 heavy (non-hydrogen) atoms. The molecule has 1 aromatic heterocycles. The van der Waals surface area contributed by atoms with Gasteiger partial charge >= 0.3 is 0 Å². The van der Waals surface area contributed by atoms with Crippen molar-refractivity contribution in [2.24, 2.45) is 11.8 Å². The highest BCUT2D eigenvalue weighted by atomic mass is 16.5. The maximum absolute atomic E-state index is 12.8. The molecular formula is C20H25N3O2. The van der Waals surface area contributed by atoms with E-state index in [0.717, 1.165) is 23.4 Å². The zero-order valence-electron chi connectivity index (χ0n) is 14.8. The summed E-state index contributed by atoms with van der Waals surface area (Å²) in [7, 11) is 0. The Hall–Kier alpha value is -2.14. The minimum absolute atomic E-state index is 0.111. The molecular weight excluding hydrogens is 314 g/mol. The summed E-state index contributed by atoms with van der Waals surface area (Å²) in [5.41, 5.74) is 3.13. The number of benzene rings is 1. The largest absolute Gasteiger partial charge is 0.371 e. The molecule has 2 aromatic rings. The third kappa shape index (κ3) is 3.21. The summed E-state index contributed by atoms with van der Waals surface area (Å²) in [4.78, 5) is 12.8. The first-order valence-electron chi connectivity index (χ1n) is 9.17. The van der Waals surface area contributed by atoms with E-state index in [0.29, 0.717) is 12.5 Å². The third-order valence-corrected chi connectivity index (χ3v) is 5.43. The Morgan fingerprint density at radius 1 is 1.28 bits per heavy atom. The molecule has 2 aliphatic rings. The average Bonchev–Trinajstić information content (AvgIpc) is 3.15. The monoisotopic (exact) mass is 339 g/mol. The van der Waals surface area contributed by atoms with Crippen LogP contribution in [-0.4, -0.2) is 28.3 Å². The molecule has 4 rings (SSSR count). The summed E-state index contributed by atoms with van der Waals surface area (Å²) < 4.78 is 7.88. The Labute approximate surface area is 148 Å². The average molecular weight is 339 g/mol. The van der Waals surface area contributed by atoms with Crippen LogP contribution in [0.1, 0.15) is 43.5 Å². The molecule has 0 bridgehead atoms. The Balaban J connectivity index is 1.58. The van der Waals surface area contributed by atoms with Crippen LogP contribution < -0.4 is 5.32 Å². The minimum Gasteiger partial charge on any atom is -0.371 e. The summed E-state index contributed by atoms with van der Waals surface area (Å²) in [5, 5.41) is 7.69. The summed E-state index contributed by atoms with van der Waals surface area (Å²) in [5.74, 6) is 0.613. The van der Waals surface area contributed by atoms with Crippen LogP contribution in [0, 0.1) is 18.8 Å². The topological polar surface area (TPSA) is 56.2 Å². The van der Waals surface area contributed by atoms with E-state index >= 15 is 0 Å². The van der Waals surface area contributed by atoms with Crippen molar-refractivity contribution in [2.75, 3.05) is 6.61 Å². The van der Waals surface area contributed by atoms with Crippen LogP contribution in [0.2, 0.25) is 0 Å². The summed E-state index contributed by atoms with van der Waals surface area (Å²) in [6.45, 7) is 4.79. The second-order valence-electron chi connectivity index (χ2n) is 7.28. The standard InChI is InChI=1S/C20H25N3O2/c1-13-5-3-4-6-17(13)23-18(9-11-21-23)19-16(10-12-25-19)20(24)22-14(2)15-7-8-15/h3-6,9,11,14-16,19H,7-8,10,12H2,1-2H3,(H,22,24)/t14?,16-,19-/m0/s1. The van der Waals surface area contributed by atoms with Crippen molar-refractivity contribution < 1.29 is 9.53 Å². The van der Waals surface area contributed by atoms with Crippen molar-refractivity contribution in [3.63, 3.8) is 0 Å². The lowest BCUT2D eigenvalue weighted by molar-refractivity contribution is -0.127. The van der Waals surface area contributed by atoms with Crippen LogP contribution >= 0.6 is 0 Å². The number of nitrogens with zero attached hydrogens (tertiary/aromatic N) is 2. The van der Waals surface area contributed by atoms with Gasteiger partial charge in [0, 0.05) is 18.8 Å². The zero-order chi connectivity index (χ0) is 17.4. The number of ether oxygens (including phenoxy) is 1. The predicted octanol–water partition coefficient (Wildman–Crippen LogP) is 3.17. The number of carbonyl (C=O) groups excluding carboxylic acids is 1. The van der Waals surface area contributed by atoms with Gasteiger partial charge in [0.05, 0.1) is 17.3 Å². The van der Waals surface area contributed by atoms with Gasteiger partial charge in [0.15, 0.2) is 0 Å². The van der Waals surface area contributed by atoms with Crippen molar-refractivity contribution >= 4 is 5.91 Å². The van der Waals surface area contributed by atoms with Crippen LogP contribution in [0.4, 0.5) is 0 Å². The molecule has 0 radical (unpaired) electrons. The Kier molecular flexibility index (Phi) is 4.34. The predicted molar refractivity (Wildman–Crippen MR) is 95.4 cm³/mol. The Bertz CT molecular complexity index is 766. The van der Waals surface area contributed by atoms with Gasteiger partial charge in [-0.2, -0.15) is 5.10 Å². The van der Waals surface area contributed by atoms with Gasteiger partial charge in [0.25, 0.3) is 0 Å². The first-order valence-corrected chi connectivity index (χ1v) is 9.17. The smallest absolute Gasteiger partial charge is 0.226 e. The van der Waals surface area contributed by atoms with E-state index in [1.54, 1.807) is 6.20 Å². The van der Waals surface area contributed by atoms with Crippen LogP contribution in [-0.2, 0) is 9.53 Å². The highest BCUT2D eigenvalue weighted by Crippen LogP contribution is 2.37. The molecule has 1 aliphatic carbocycles. The van der Waals surface area contributed by atoms with E-state index in [-0.39, 0.29) is 24.0 Å². The van der Waals surface area contributed by atoms with Crippen molar-refractivity contribution in [2.45, 2.75) is 45.3 Å². The molecule has 0 spiro atoms. The lowest BCUT2D eigenvalue weighted by atomic mass is 9.97. The first kappa shape index (κ1) is 16.3. The van der Waals surface area contributed by atoms with Crippen molar-refractivity contribution in [3.05, 3.63) is 47.8 Å². The molecule has 5 heteroatoms. The van der Waals surface area contributed by atoms with Gasteiger partial charge in [-0.3, -0.25) is 4.79 Å². The Morgan fingerprint density at radius 3 is 2.84 bits per heavy atom. The molecule has 2 heterocycles. The lowest BCUT2D eigenvalue weighted by Gasteiger charge is -2.22. The molecule has 1 amide bonds. The van der Waals surface area contributed by atoms with Gasteiger partial charge in [0.1, 0.15) is 6.10 Å². The molecule has 132 valence electrons. The maximum Gasteiger partial charge on any atom is 0.226 e. The summed E-state index contributed by atoms with van der Waals surface area (Å²) in [6, 6.07) is 10.4. The van der Waals surface area contributed by atoms with E-state index in [1.165, 1.54) is 12.8 Å². The Morgan fingerprint density at radius 2 is 2.08 bits per heavy atom. The van der Waals surface area contributed by atoms with Gasteiger partial charge in [-0.1, -0.05) is 18.2 Å². The fraction of sp³-hybridized carbons (Fsp3) is 0.500. The number of amides is 1. The highest BCUT2D eigenvalue weighted by molar-refractivity contribution is 5.80. The molecule has 3 atom stereocenters. The van der Waals surface area contributed by atoms with E-state index < -0.39 is 0 Å². The van der Waals surface area contributed by atoms with Crippen molar-refractivity contribution in [1.29, 1.82) is 0 Å². The van der Waals surface area contributed by atoms with Crippen molar-refractivity contribution in [1.82, 2.24) is 15.1 Å². The van der Waals surface area contributed by atoms with Gasteiger partial charge in [0.2, 0.25) is 5.91 Å². The number of nitrogens with one attached hydrogen (secondary N) is 1. The van der Waals surface area contributed by atoms with Crippen molar-refractivity contribution in [3.8, 4) is 5.69 Å². The fourth-order valence-corrected chi connectivity index (χ4v) is 3.73. The van der Waals surface area contributed by atoms with E-state index in [1.807, 2.05) is 28.9 Å². The number of aryl methyl sites for hydroxylation is 1. The number of hydrogen-bond donors (Lipinski definition) is 1. The number of rotatable bonds is 5. The number of hydrogen-bond acceptors (Lipinski definition) is 3. The van der Waals surface area contributed by atoms with Gasteiger partial charge < -0.3 is 10.1 Å².